The number of nitrogens with two attached hydrogens (primary N) is 1. The number of hydrogen-bond acceptors (Lipinski definition) is 3. The van der Waals surface area contributed by atoms with Crippen LogP contribution in [0.2, 0.25) is 0 Å². The predicted octanol–water partition coefficient (Wildman–Crippen LogP) is 2.37. The molecule has 0 fully saturated rings. The van der Waals surface area contributed by atoms with Crippen molar-refractivity contribution in [1.82, 2.24) is 10.6 Å². The molecule has 0 heterocycles. The Kier molecular flexibility index (Phi) is 6.68. The number of amides is 2. The van der Waals surface area contributed by atoms with Gasteiger partial charge in [0.2, 0.25) is 5.91 Å². The molecule has 1 aromatic carbocycles. The number of nitrogens with one attached hydrogen (secondary N) is 2. The van der Waals surface area contributed by atoms with Gasteiger partial charge in [0, 0.05) is 34.7 Å². The van der Waals surface area contributed by atoms with E-state index in [1.807, 2.05) is 13.8 Å². The maximum Gasteiger partial charge on any atom is 0.251 e. The summed E-state index contributed by atoms with van der Waals surface area (Å²) in [6, 6.07) is 3.63. The van der Waals surface area contributed by atoms with Crippen molar-refractivity contribution in [3.8, 4) is 0 Å². The zero-order chi connectivity index (χ0) is 16.0. The third-order valence-electron chi connectivity index (χ3n) is 3.31. The van der Waals surface area contributed by atoms with E-state index < -0.39 is 0 Å². The second-order valence-corrected chi connectivity index (χ2v) is 5.97. The molecule has 1 unspecified atom stereocenters. The van der Waals surface area contributed by atoms with Crippen LogP contribution in [0.25, 0.3) is 0 Å². The summed E-state index contributed by atoms with van der Waals surface area (Å²) in [6.07, 6.45) is 1.15. The van der Waals surface area contributed by atoms with E-state index in [0.717, 1.165) is 16.5 Å². The first-order valence-electron chi connectivity index (χ1n) is 6.98. The van der Waals surface area contributed by atoms with Crippen molar-refractivity contribution in [3.63, 3.8) is 0 Å². The summed E-state index contributed by atoms with van der Waals surface area (Å²) in [7, 11) is 0. The maximum absolute atomic E-state index is 12.1. The highest BCUT2D eigenvalue weighted by Crippen LogP contribution is 2.22. The van der Waals surface area contributed by atoms with Crippen LogP contribution in [0.4, 0.5) is 5.69 Å². The number of hydrogen-bond donors (Lipinski definition) is 3. The second kappa shape index (κ2) is 8.02. The molecule has 4 N–H and O–H groups in total. The second-order valence-electron chi connectivity index (χ2n) is 5.05. The molecule has 1 aromatic rings. The van der Waals surface area contributed by atoms with Gasteiger partial charge < -0.3 is 16.4 Å². The van der Waals surface area contributed by atoms with Crippen LogP contribution < -0.4 is 16.4 Å². The zero-order valence-electron chi connectivity index (χ0n) is 12.6. The Labute approximate surface area is 133 Å². The van der Waals surface area contributed by atoms with Crippen LogP contribution in [0.1, 0.15) is 42.6 Å². The Morgan fingerprint density at radius 1 is 1.38 bits per heavy atom. The summed E-state index contributed by atoms with van der Waals surface area (Å²) < 4.78 is 0.755. The van der Waals surface area contributed by atoms with Gasteiger partial charge in [0.15, 0.2) is 0 Å². The van der Waals surface area contributed by atoms with E-state index >= 15 is 0 Å². The summed E-state index contributed by atoms with van der Waals surface area (Å²) in [6.45, 7) is 6.05. The molecule has 0 aliphatic heterocycles. The maximum atomic E-state index is 12.1. The lowest BCUT2D eigenvalue weighted by Crippen LogP contribution is -2.35. The largest absolute Gasteiger partial charge is 0.398 e. The van der Waals surface area contributed by atoms with Crippen LogP contribution in [-0.2, 0) is 4.79 Å². The van der Waals surface area contributed by atoms with Crippen LogP contribution in [0.3, 0.4) is 0 Å². The summed E-state index contributed by atoms with van der Waals surface area (Å²) >= 11 is 3.32. The monoisotopic (exact) mass is 355 g/mol. The molecular weight excluding hydrogens is 334 g/mol. The average Bonchev–Trinajstić information content (AvgIpc) is 2.42. The third kappa shape index (κ3) is 5.38. The molecule has 0 spiro atoms. The van der Waals surface area contributed by atoms with E-state index in [0.29, 0.717) is 17.8 Å². The van der Waals surface area contributed by atoms with Crippen LogP contribution in [0.15, 0.2) is 16.6 Å². The van der Waals surface area contributed by atoms with E-state index in [4.69, 9.17) is 5.73 Å². The zero-order valence-corrected chi connectivity index (χ0v) is 14.2. The van der Waals surface area contributed by atoms with Gasteiger partial charge in [-0.2, -0.15) is 0 Å². The molecular formula is C15H22BrN3O2. The summed E-state index contributed by atoms with van der Waals surface area (Å²) in [5.41, 5.74) is 7.65. The molecule has 0 aromatic heterocycles. The van der Waals surface area contributed by atoms with Gasteiger partial charge in [0.05, 0.1) is 0 Å². The predicted molar refractivity (Wildman–Crippen MR) is 88.1 cm³/mol. The molecule has 0 saturated carbocycles. The van der Waals surface area contributed by atoms with Crippen molar-refractivity contribution in [3.05, 3.63) is 27.7 Å². The van der Waals surface area contributed by atoms with Gasteiger partial charge in [-0.3, -0.25) is 9.59 Å². The van der Waals surface area contributed by atoms with Crippen molar-refractivity contribution in [2.24, 2.45) is 0 Å². The molecule has 116 valence electrons. The Hall–Kier alpha value is -1.56. The first-order valence-corrected chi connectivity index (χ1v) is 7.77. The standard InChI is InChI=1S/C15H22BrN3O2/c1-4-9(2)19-14(20)5-6-18-15(21)12-7-11(16)8-13(17)10(12)3/h7-9H,4-6,17H2,1-3H3,(H,18,21)(H,19,20). The lowest BCUT2D eigenvalue weighted by molar-refractivity contribution is -0.121. The molecule has 1 rings (SSSR count). The number of anilines is 1. The SMILES string of the molecule is CCC(C)NC(=O)CCNC(=O)c1cc(Br)cc(N)c1C. The fourth-order valence-electron chi connectivity index (χ4n) is 1.77. The first kappa shape index (κ1) is 17.5. The highest BCUT2D eigenvalue weighted by atomic mass is 79.9. The van der Waals surface area contributed by atoms with Crippen molar-refractivity contribution in [2.75, 3.05) is 12.3 Å². The summed E-state index contributed by atoms with van der Waals surface area (Å²) in [5, 5.41) is 5.60. The van der Waals surface area contributed by atoms with Crippen molar-refractivity contribution in [1.29, 1.82) is 0 Å². The summed E-state index contributed by atoms with van der Waals surface area (Å²) in [4.78, 5) is 23.7. The number of halogens is 1. The van der Waals surface area contributed by atoms with Crippen LogP contribution in [0, 0.1) is 6.92 Å². The van der Waals surface area contributed by atoms with Gasteiger partial charge in [-0.25, -0.2) is 0 Å². The topological polar surface area (TPSA) is 84.2 Å². The molecule has 21 heavy (non-hydrogen) atoms. The molecule has 6 heteroatoms. The van der Waals surface area contributed by atoms with Gasteiger partial charge in [-0.15, -0.1) is 0 Å². The molecule has 0 aliphatic rings. The highest BCUT2D eigenvalue weighted by molar-refractivity contribution is 9.10. The molecule has 0 bridgehead atoms. The Morgan fingerprint density at radius 2 is 2.05 bits per heavy atom. The lowest BCUT2D eigenvalue weighted by atomic mass is 10.1. The van der Waals surface area contributed by atoms with E-state index in [1.54, 1.807) is 19.1 Å². The molecule has 1 atom stereocenters. The number of benzene rings is 1. The average molecular weight is 356 g/mol. The van der Waals surface area contributed by atoms with Crippen molar-refractivity contribution < 1.29 is 9.59 Å². The molecule has 0 saturated heterocycles. The van der Waals surface area contributed by atoms with Gasteiger partial charge in [-0.05, 0) is 38.0 Å². The van der Waals surface area contributed by atoms with E-state index in [-0.39, 0.29) is 24.3 Å². The minimum Gasteiger partial charge on any atom is -0.398 e. The van der Waals surface area contributed by atoms with Crippen molar-refractivity contribution in [2.45, 2.75) is 39.7 Å². The molecule has 0 radical (unpaired) electrons. The fraction of sp³-hybridized carbons (Fsp3) is 0.467. The van der Waals surface area contributed by atoms with Crippen molar-refractivity contribution >= 4 is 33.4 Å². The number of carbonyl (C=O) groups excluding carboxylic acids is 2. The van der Waals surface area contributed by atoms with E-state index in [1.165, 1.54) is 0 Å². The molecule has 2 amide bonds. The third-order valence-corrected chi connectivity index (χ3v) is 3.77. The van der Waals surface area contributed by atoms with Crippen LogP contribution >= 0.6 is 15.9 Å². The highest BCUT2D eigenvalue weighted by Gasteiger charge is 2.12. The molecule has 0 aliphatic carbocycles. The summed E-state index contributed by atoms with van der Waals surface area (Å²) in [5.74, 6) is -0.285. The first-order chi connectivity index (χ1) is 9.85. The van der Waals surface area contributed by atoms with Gasteiger partial charge in [-0.1, -0.05) is 22.9 Å². The van der Waals surface area contributed by atoms with E-state index in [9.17, 15) is 9.59 Å². The smallest absolute Gasteiger partial charge is 0.251 e. The van der Waals surface area contributed by atoms with Crippen LogP contribution in [-0.4, -0.2) is 24.4 Å². The fourth-order valence-corrected chi connectivity index (χ4v) is 2.25. The van der Waals surface area contributed by atoms with Crippen LogP contribution in [0.5, 0.6) is 0 Å². The Balaban J connectivity index is 2.53. The number of rotatable bonds is 6. The Morgan fingerprint density at radius 3 is 2.67 bits per heavy atom. The quantitative estimate of drug-likeness (QED) is 0.685. The van der Waals surface area contributed by atoms with E-state index in [2.05, 4.69) is 26.6 Å². The van der Waals surface area contributed by atoms with Gasteiger partial charge in [0.25, 0.3) is 5.91 Å². The minimum atomic E-state index is -0.225. The number of nitrogen functional groups attached to an aromatic ring is 1. The van der Waals surface area contributed by atoms with Gasteiger partial charge in [0.1, 0.15) is 0 Å². The molecule has 5 nitrogen and oxygen atoms in total. The minimum absolute atomic E-state index is 0.0601. The Bertz CT molecular complexity index is 532. The number of carbonyl (C=O) groups is 2. The lowest BCUT2D eigenvalue weighted by Gasteiger charge is -2.12. The normalized spacial score (nSPS) is 11.8. The van der Waals surface area contributed by atoms with Gasteiger partial charge >= 0.3 is 0 Å².